The minimum absolute atomic E-state index is 0.0611. The van der Waals surface area contributed by atoms with Crippen LogP contribution in [-0.4, -0.2) is 40.5 Å². The lowest BCUT2D eigenvalue weighted by Crippen LogP contribution is -2.11. The number of fused-ring (bicyclic) bond motifs is 2. The molecule has 4 aromatic rings. The second kappa shape index (κ2) is 5.78. The van der Waals surface area contributed by atoms with Gasteiger partial charge in [0.1, 0.15) is 11.2 Å². The Morgan fingerprint density at radius 1 is 1.36 bits per heavy atom. The first-order valence-electron chi connectivity index (χ1n) is 8.39. The van der Waals surface area contributed by atoms with Crippen molar-refractivity contribution in [3.63, 3.8) is 0 Å². The molecule has 0 bridgehead atoms. The Balaban J connectivity index is 1.52. The maximum Gasteiger partial charge on any atom is 0.212 e. The zero-order chi connectivity index (χ0) is 16.8. The van der Waals surface area contributed by atoms with Crippen molar-refractivity contribution in [3.05, 3.63) is 41.6 Å². The summed E-state index contributed by atoms with van der Waals surface area (Å²) >= 11 is 1.54. The van der Waals surface area contributed by atoms with E-state index in [9.17, 15) is 0 Å². The van der Waals surface area contributed by atoms with Gasteiger partial charge in [-0.05, 0) is 26.0 Å². The van der Waals surface area contributed by atoms with Gasteiger partial charge in [0.05, 0.1) is 23.6 Å². The number of rotatable bonds is 3. The summed E-state index contributed by atoms with van der Waals surface area (Å²) in [4.78, 5) is 10.1. The number of aromatic nitrogens is 7. The SMILES string of the molecule is C[C@H](c1cn2ncsc2n1)n1ccnc1-c1cc2n(n1)CCCNC2. The molecule has 8 nitrogen and oxygen atoms in total. The van der Waals surface area contributed by atoms with Crippen molar-refractivity contribution in [1.29, 1.82) is 0 Å². The summed E-state index contributed by atoms with van der Waals surface area (Å²) in [5, 5.41) is 12.5. The molecule has 0 unspecified atom stereocenters. The summed E-state index contributed by atoms with van der Waals surface area (Å²) in [6, 6.07) is 2.20. The van der Waals surface area contributed by atoms with Gasteiger partial charge in [0, 0.05) is 25.5 Å². The molecule has 5 rings (SSSR count). The number of aryl methyl sites for hydroxylation is 1. The third-order valence-corrected chi connectivity index (χ3v) is 5.33. The Bertz CT molecular complexity index is 970. The van der Waals surface area contributed by atoms with Gasteiger partial charge in [-0.1, -0.05) is 11.3 Å². The summed E-state index contributed by atoms with van der Waals surface area (Å²) in [5.74, 6) is 0.873. The Morgan fingerprint density at radius 3 is 3.24 bits per heavy atom. The predicted octanol–water partition coefficient (Wildman–Crippen LogP) is 1.95. The predicted molar refractivity (Wildman–Crippen MR) is 94.4 cm³/mol. The first kappa shape index (κ1) is 14.8. The molecule has 5 heterocycles. The zero-order valence-corrected chi connectivity index (χ0v) is 14.6. The molecule has 128 valence electrons. The van der Waals surface area contributed by atoms with Gasteiger partial charge >= 0.3 is 0 Å². The molecule has 0 radical (unpaired) electrons. The normalized spacial score (nSPS) is 16.0. The van der Waals surface area contributed by atoms with E-state index in [1.54, 1.807) is 5.51 Å². The molecule has 0 aliphatic carbocycles. The Kier molecular flexibility index (Phi) is 3.42. The molecule has 0 saturated carbocycles. The molecule has 0 saturated heterocycles. The molecule has 0 amide bonds. The van der Waals surface area contributed by atoms with Crippen LogP contribution in [0.25, 0.3) is 16.5 Å². The van der Waals surface area contributed by atoms with Crippen molar-refractivity contribution in [3.8, 4) is 11.5 Å². The molecule has 25 heavy (non-hydrogen) atoms. The standard InChI is InChI=1S/C16H18N8S/c1-11(14-9-24-16(20-14)25-10-19-24)22-6-4-18-15(22)13-7-12-8-17-3-2-5-23(12)21-13/h4,6-7,9-11,17H,2-3,5,8H2,1H3/t11-/m1/s1. The van der Waals surface area contributed by atoms with Gasteiger partial charge in [-0.2, -0.15) is 10.2 Å². The smallest absolute Gasteiger partial charge is 0.212 e. The molecule has 4 aromatic heterocycles. The van der Waals surface area contributed by atoms with Gasteiger partial charge in [-0.15, -0.1) is 0 Å². The number of nitrogens with one attached hydrogen (secondary N) is 1. The second-order valence-electron chi connectivity index (χ2n) is 6.24. The van der Waals surface area contributed by atoms with Crippen LogP contribution in [0.3, 0.4) is 0 Å². The van der Waals surface area contributed by atoms with Gasteiger partial charge in [0.25, 0.3) is 0 Å². The molecule has 1 aliphatic rings. The van der Waals surface area contributed by atoms with E-state index in [-0.39, 0.29) is 6.04 Å². The van der Waals surface area contributed by atoms with Crippen LogP contribution in [0.4, 0.5) is 0 Å². The summed E-state index contributed by atoms with van der Waals surface area (Å²) < 4.78 is 6.04. The number of hydrogen-bond acceptors (Lipinski definition) is 6. The van der Waals surface area contributed by atoms with Crippen molar-refractivity contribution in [2.45, 2.75) is 32.5 Å². The quantitative estimate of drug-likeness (QED) is 0.608. The number of hydrogen-bond donors (Lipinski definition) is 1. The monoisotopic (exact) mass is 354 g/mol. The summed E-state index contributed by atoms with van der Waals surface area (Å²) in [6.07, 6.45) is 6.89. The Labute approximate surface area is 148 Å². The van der Waals surface area contributed by atoms with Crippen molar-refractivity contribution in [2.75, 3.05) is 6.54 Å². The fraction of sp³-hybridized carbons (Fsp3) is 0.375. The third kappa shape index (κ3) is 2.47. The van der Waals surface area contributed by atoms with E-state index in [2.05, 4.69) is 42.6 Å². The molecular formula is C16H18N8S. The van der Waals surface area contributed by atoms with Crippen molar-refractivity contribution >= 4 is 16.3 Å². The van der Waals surface area contributed by atoms with E-state index in [0.29, 0.717) is 0 Å². The van der Waals surface area contributed by atoms with Gasteiger partial charge in [-0.25, -0.2) is 14.5 Å². The Morgan fingerprint density at radius 2 is 2.32 bits per heavy atom. The molecular weight excluding hydrogens is 336 g/mol. The molecule has 0 spiro atoms. The van der Waals surface area contributed by atoms with Crippen molar-refractivity contribution < 1.29 is 0 Å². The van der Waals surface area contributed by atoms with Gasteiger partial charge in [0.2, 0.25) is 4.96 Å². The molecule has 0 aromatic carbocycles. The van der Waals surface area contributed by atoms with Crippen LogP contribution in [0.1, 0.15) is 30.8 Å². The van der Waals surface area contributed by atoms with E-state index in [4.69, 9.17) is 5.10 Å². The average Bonchev–Trinajstić information content (AvgIpc) is 3.35. The second-order valence-corrected chi connectivity index (χ2v) is 7.05. The van der Waals surface area contributed by atoms with Gasteiger partial charge in [0.15, 0.2) is 5.82 Å². The topological polar surface area (TPSA) is 77.9 Å². The van der Waals surface area contributed by atoms with E-state index in [0.717, 1.165) is 48.2 Å². The maximum atomic E-state index is 4.78. The summed E-state index contributed by atoms with van der Waals surface area (Å²) in [6.45, 7) is 4.96. The molecule has 1 aliphatic heterocycles. The fourth-order valence-electron chi connectivity index (χ4n) is 3.29. The lowest BCUT2D eigenvalue weighted by molar-refractivity contribution is 0.585. The van der Waals surface area contributed by atoms with Gasteiger partial charge < -0.3 is 9.88 Å². The van der Waals surface area contributed by atoms with E-state index >= 15 is 0 Å². The Hall–Kier alpha value is -2.52. The third-order valence-electron chi connectivity index (χ3n) is 4.64. The molecule has 9 heteroatoms. The number of imidazole rings is 2. The largest absolute Gasteiger partial charge is 0.321 e. The summed E-state index contributed by atoms with van der Waals surface area (Å²) in [5.41, 5.74) is 4.89. The highest BCUT2D eigenvalue weighted by Crippen LogP contribution is 2.26. The molecule has 0 fully saturated rings. The van der Waals surface area contributed by atoms with Crippen LogP contribution in [-0.2, 0) is 13.1 Å². The molecule has 1 atom stereocenters. The van der Waals surface area contributed by atoms with E-state index in [1.165, 1.54) is 17.0 Å². The van der Waals surface area contributed by atoms with Crippen molar-refractivity contribution in [2.24, 2.45) is 0 Å². The average molecular weight is 354 g/mol. The highest BCUT2D eigenvalue weighted by molar-refractivity contribution is 7.14. The highest BCUT2D eigenvalue weighted by atomic mass is 32.1. The highest BCUT2D eigenvalue weighted by Gasteiger charge is 2.20. The minimum atomic E-state index is 0.0611. The zero-order valence-electron chi connectivity index (χ0n) is 13.8. The number of nitrogens with zero attached hydrogens (tertiary/aromatic N) is 7. The minimum Gasteiger partial charge on any atom is -0.321 e. The van der Waals surface area contributed by atoms with Crippen LogP contribution in [0, 0.1) is 0 Å². The van der Waals surface area contributed by atoms with Crippen LogP contribution >= 0.6 is 11.3 Å². The first-order valence-corrected chi connectivity index (χ1v) is 9.27. The molecule has 1 N–H and O–H groups in total. The van der Waals surface area contributed by atoms with Crippen LogP contribution in [0.5, 0.6) is 0 Å². The lowest BCUT2D eigenvalue weighted by Gasteiger charge is -2.13. The van der Waals surface area contributed by atoms with Crippen LogP contribution in [0.2, 0.25) is 0 Å². The fourth-order valence-corrected chi connectivity index (χ4v) is 3.90. The maximum absolute atomic E-state index is 4.78. The first-order chi connectivity index (χ1) is 12.3. The summed E-state index contributed by atoms with van der Waals surface area (Å²) in [7, 11) is 0. The van der Waals surface area contributed by atoms with Crippen molar-refractivity contribution in [1.82, 2.24) is 39.2 Å². The van der Waals surface area contributed by atoms with Crippen LogP contribution in [0.15, 0.2) is 30.2 Å². The van der Waals surface area contributed by atoms with E-state index in [1.807, 2.05) is 23.1 Å². The van der Waals surface area contributed by atoms with Gasteiger partial charge in [-0.3, -0.25) is 4.68 Å². The van der Waals surface area contributed by atoms with E-state index < -0.39 is 0 Å². The van der Waals surface area contributed by atoms with Crippen LogP contribution < -0.4 is 5.32 Å². The lowest BCUT2D eigenvalue weighted by atomic mass is 10.2.